The number of fused-ring (bicyclic) bond motifs is 1. The van der Waals surface area contributed by atoms with E-state index in [4.69, 9.17) is 14.2 Å². The summed E-state index contributed by atoms with van der Waals surface area (Å²) in [5, 5.41) is 0. The lowest BCUT2D eigenvalue weighted by Crippen LogP contribution is -2.38. The highest BCUT2D eigenvalue weighted by molar-refractivity contribution is 7.89. The summed E-state index contributed by atoms with van der Waals surface area (Å²) in [6, 6.07) is 10.8. The van der Waals surface area contributed by atoms with Crippen molar-refractivity contribution in [3.63, 3.8) is 0 Å². The average molecular weight is 547 g/mol. The summed E-state index contributed by atoms with van der Waals surface area (Å²) in [6.45, 7) is 6.73. The lowest BCUT2D eigenvalue weighted by Gasteiger charge is -2.27. The van der Waals surface area contributed by atoms with E-state index in [9.17, 15) is 18.0 Å². The summed E-state index contributed by atoms with van der Waals surface area (Å²) in [4.78, 5) is 27.5. The lowest BCUT2D eigenvalue weighted by molar-refractivity contribution is 0.0249. The van der Waals surface area contributed by atoms with Crippen LogP contribution in [0.1, 0.15) is 61.5 Å². The predicted octanol–water partition coefficient (Wildman–Crippen LogP) is 4.37. The van der Waals surface area contributed by atoms with Gasteiger partial charge in [-0.25, -0.2) is 17.9 Å². The van der Waals surface area contributed by atoms with Crippen LogP contribution in [0, 0.1) is 0 Å². The van der Waals surface area contributed by atoms with E-state index in [0.29, 0.717) is 56.7 Å². The Morgan fingerprint density at radius 1 is 1.11 bits per heavy atom. The predicted molar refractivity (Wildman–Crippen MR) is 145 cm³/mol. The molecule has 0 aromatic heterocycles. The van der Waals surface area contributed by atoms with Crippen LogP contribution >= 0.6 is 0 Å². The zero-order chi connectivity index (χ0) is 27.9. The first-order chi connectivity index (χ1) is 17.9. The smallest absolute Gasteiger partial charge is 0.410 e. The Morgan fingerprint density at radius 2 is 1.84 bits per heavy atom. The molecule has 2 aromatic carbocycles. The van der Waals surface area contributed by atoms with Gasteiger partial charge in [0.2, 0.25) is 10.0 Å². The van der Waals surface area contributed by atoms with E-state index in [-0.39, 0.29) is 17.1 Å². The van der Waals surface area contributed by atoms with E-state index >= 15 is 0 Å². The lowest BCUT2D eigenvalue weighted by atomic mass is 10.0. The third-order valence-electron chi connectivity index (χ3n) is 6.21. The second kappa shape index (κ2) is 12.6. The number of hydrogen-bond donors (Lipinski definition) is 1. The quantitative estimate of drug-likeness (QED) is 0.311. The van der Waals surface area contributed by atoms with Crippen LogP contribution in [-0.2, 0) is 27.6 Å². The number of ketones is 1. The van der Waals surface area contributed by atoms with Crippen LogP contribution in [0.5, 0.6) is 11.5 Å². The number of rotatable bonds is 12. The molecule has 0 saturated carbocycles. The molecule has 0 saturated heterocycles. The maximum Gasteiger partial charge on any atom is 0.410 e. The highest BCUT2D eigenvalue weighted by atomic mass is 32.2. The molecule has 1 aliphatic heterocycles. The second-order valence-corrected chi connectivity index (χ2v) is 12.0. The fourth-order valence-corrected chi connectivity index (χ4v) is 5.20. The number of methoxy groups -OCH3 is 1. The van der Waals surface area contributed by atoms with E-state index in [1.807, 2.05) is 45.0 Å². The van der Waals surface area contributed by atoms with Gasteiger partial charge in [-0.05, 0) is 76.4 Å². The van der Waals surface area contributed by atoms with Gasteiger partial charge in [0.25, 0.3) is 0 Å². The van der Waals surface area contributed by atoms with Gasteiger partial charge in [-0.3, -0.25) is 4.79 Å². The van der Waals surface area contributed by atoms with Crippen LogP contribution in [0.2, 0.25) is 0 Å². The molecule has 0 unspecified atom stereocenters. The van der Waals surface area contributed by atoms with Crippen LogP contribution in [0.25, 0.3) is 0 Å². The fourth-order valence-electron chi connectivity index (χ4n) is 4.26. The van der Waals surface area contributed by atoms with E-state index in [0.717, 1.165) is 16.9 Å². The number of carbonyl (C=O) groups is 2. The number of benzene rings is 2. The molecule has 1 N–H and O–H groups in total. The van der Waals surface area contributed by atoms with Gasteiger partial charge >= 0.3 is 6.09 Å². The Kier molecular flexibility index (Phi) is 9.78. The zero-order valence-corrected chi connectivity index (χ0v) is 23.7. The van der Waals surface area contributed by atoms with E-state index in [1.54, 1.807) is 18.1 Å². The number of amides is 1. The maximum absolute atomic E-state index is 13.0. The SMILES string of the molecule is CNS(=O)(=O)c1cc(C(=O)CCCCN(CCc2ccccc2OC)C(=O)OC(C)(C)C)cc2c1OCC2. The van der Waals surface area contributed by atoms with Gasteiger partial charge in [0.15, 0.2) is 5.78 Å². The fraction of sp³-hybridized carbons (Fsp3) is 0.500. The standard InChI is InChI=1S/C28H38N2O7S/c1-28(2,3)37-27(32)30(16-13-20-10-6-7-12-24(20)35-5)15-9-8-11-23(31)22-18-21-14-17-36-26(21)25(19-22)38(33,34)29-4/h6-7,10,12,18-19,29H,8-9,11,13-17H2,1-5H3. The molecule has 1 heterocycles. The molecule has 10 heteroatoms. The van der Waals surface area contributed by atoms with Crippen molar-refractivity contribution in [1.82, 2.24) is 9.62 Å². The minimum atomic E-state index is -3.77. The molecule has 9 nitrogen and oxygen atoms in total. The first kappa shape index (κ1) is 29.4. The summed E-state index contributed by atoms with van der Waals surface area (Å²) in [5.74, 6) is 0.936. The number of sulfonamides is 1. The van der Waals surface area contributed by atoms with Crippen molar-refractivity contribution in [3.05, 3.63) is 53.1 Å². The Hall–Kier alpha value is -3.11. The minimum Gasteiger partial charge on any atom is -0.496 e. The van der Waals surface area contributed by atoms with Gasteiger partial charge in [-0.1, -0.05) is 18.2 Å². The summed E-state index contributed by atoms with van der Waals surface area (Å²) >= 11 is 0. The molecule has 0 aliphatic carbocycles. The molecule has 3 rings (SSSR count). The number of Topliss-reactive ketones (excluding diaryl/α,β-unsaturated/α-hetero) is 1. The van der Waals surface area contributed by atoms with E-state index in [2.05, 4.69) is 4.72 Å². The molecule has 0 bridgehead atoms. The van der Waals surface area contributed by atoms with Crippen molar-refractivity contribution in [2.45, 2.75) is 63.4 Å². The van der Waals surface area contributed by atoms with Crippen molar-refractivity contribution in [2.24, 2.45) is 0 Å². The minimum absolute atomic E-state index is 0.00853. The van der Waals surface area contributed by atoms with E-state index < -0.39 is 21.7 Å². The molecule has 208 valence electrons. The topological polar surface area (TPSA) is 111 Å². The third-order valence-corrected chi connectivity index (χ3v) is 7.63. The first-order valence-corrected chi connectivity index (χ1v) is 14.3. The number of hydrogen-bond acceptors (Lipinski definition) is 7. The first-order valence-electron chi connectivity index (χ1n) is 12.8. The van der Waals surface area contributed by atoms with Crippen LogP contribution in [0.4, 0.5) is 4.79 Å². The Labute approximate surface area is 225 Å². The highest BCUT2D eigenvalue weighted by Crippen LogP contribution is 2.34. The number of unbranched alkanes of at least 4 members (excludes halogenated alkanes) is 1. The summed E-state index contributed by atoms with van der Waals surface area (Å²) in [7, 11) is -0.822. The normalized spacial score (nSPS) is 13.0. The molecule has 1 aliphatic rings. The van der Waals surface area contributed by atoms with Gasteiger partial charge in [-0.15, -0.1) is 0 Å². The molecule has 1 amide bonds. The zero-order valence-electron chi connectivity index (χ0n) is 22.8. The summed E-state index contributed by atoms with van der Waals surface area (Å²) in [6.07, 6.45) is 2.11. The molecule has 0 atom stereocenters. The van der Waals surface area contributed by atoms with E-state index in [1.165, 1.54) is 13.1 Å². The van der Waals surface area contributed by atoms with Crippen molar-refractivity contribution >= 4 is 21.9 Å². The number of ether oxygens (including phenoxy) is 3. The number of nitrogens with zero attached hydrogens (tertiary/aromatic N) is 1. The second-order valence-electron chi connectivity index (χ2n) is 10.2. The maximum atomic E-state index is 13.0. The Morgan fingerprint density at radius 3 is 2.53 bits per heavy atom. The molecular formula is C28H38N2O7S. The molecule has 0 spiro atoms. The summed E-state index contributed by atoms with van der Waals surface area (Å²) < 4.78 is 43.8. The Bertz CT molecular complexity index is 1250. The summed E-state index contributed by atoms with van der Waals surface area (Å²) in [5.41, 5.74) is 1.44. The van der Waals surface area contributed by atoms with Gasteiger partial charge in [-0.2, -0.15) is 0 Å². The van der Waals surface area contributed by atoms with Crippen molar-refractivity contribution in [3.8, 4) is 11.5 Å². The Balaban J connectivity index is 1.64. The largest absolute Gasteiger partial charge is 0.496 e. The number of nitrogens with one attached hydrogen (secondary N) is 1. The van der Waals surface area contributed by atoms with Crippen molar-refractivity contribution in [1.29, 1.82) is 0 Å². The van der Waals surface area contributed by atoms with Crippen molar-refractivity contribution in [2.75, 3.05) is 33.9 Å². The van der Waals surface area contributed by atoms with Crippen LogP contribution in [-0.4, -0.2) is 64.6 Å². The van der Waals surface area contributed by atoms with Crippen molar-refractivity contribution < 1.29 is 32.2 Å². The molecule has 2 aromatic rings. The number of para-hydroxylation sites is 1. The van der Waals surface area contributed by atoms with Gasteiger partial charge < -0.3 is 19.1 Å². The number of carbonyl (C=O) groups excluding carboxylic acids is 2. The van der Waals surface area contributed by atoms with Crippen LogP contribution < -0.4 is 14.2 Å². The van der Waals surface area contributed by atoms with Gasteiger partial charge in [0.1, 0.15) is 22.0 Å². The monoisotopic (exact) mass is 546 g/mol. The molecule has 0 fully saturated rings. The molecule has 0 radical (unpaired) electrons. The van der Waals surface area contributed by atoms with Crippen LogP contribution in [0.15, 0.2) is 41.3 Å². The average Bonchev–Trinajstić information content (AvgIpc) is 3.35. The van der Waals surface area contributed by atoms with Gasteiger partial charge in [0, 0.05) is 31.5 Å². The van der Waals surface area contributed by atoms with Crippen LogP contribution in [0.3, 0.4) is 0 Å². The molecular weight excluding hydrogens is 508 g/mol. The van der Waals surface area contributed by atoms with Gasteiger partial charge in [0.05, 0.1) is 13.7 Å². The molecule has 38 heavy (non-hydrogen) atoms. The third kappa shape index (κ3) is 7.70. The highest BCUT2D eigenvalue weighted by Gasteiger charge is 2.27.